The van der Waals surface area contributed by atoms with Crippen molar-refractivity contribution in [1.82, 2.24) is 15.2 Å². The molecule has 6 heteroatoms. The van der Waals surface area contributed by atoms with Crippen LogP contribution in [0.15, 0.2) is 60.7 Å². The Morgan fingerprint density at radius 1 is 0.833 bits per heavy atom. The van der Waals surface area contributed by atoms with E-state index in [1.165, 1.54) is 11.3 Å². The molecule has 0 aliphatic rings. The summed E-state index contributed by atoms with van der Waals surface area (Å²) in [5.41, 5.74) is 3.06. The van der Waals surface area contributed by atoms with Gasteiger partial charge in [0.2, 0.25) is 5.13 Å². The molecule has 0 aliphatic heterocycles. The Hall–Kier alpha value is -2.57. The minimum absolute atomic E-state index is 0.765. The van der Waals surface area contributed by atoms with Crippen molar-refractivity contribution in [2.24, 2.45) is 0 Å². The number of rotatable bonds is 4. The maximum atomic E-state index is 4.68. The van der Waals surface area contributed by atoms with Crippen molar-refractivity contribution in [3.8, 4) is 21.1 Å². The lowest BCUT2D eigenvalue weighted by atomic mass is 10.1. The van der Waals surface area contributed by atoms with E-state index in [1.54, 1.807) is 11.3 Å². The quantitative estimate of drug-likeness (QED) is 0.537. The van der Waals surface area contributed by atoms with Crippen LogP contribution in [0.25, 0.3) is 21.1 Å². The Morgan fingerprint density at radius 3 is 2.29 bits per heavy atom. The van der Waals surface area contributed by atoms with Crippen LogP contribution >= 0.6 is 22.7 Å². The summed E-state index contributed by atoms with van der Waals surface area (Å²) < 4.78 is 0. The molecule has 2 aromatic carbocycles. The second-order valence-corrected chi connectivity index (χ2v) is 7.36. The van der Waals surface area contributed by atoms with Crippen LogP contribution in [-0.2, 0) is 0 Å². The molecule has 4 nitrogen and oxygen atoms in total. The number of anilines is 2. The summed E-state index contributed by atoms with van der Waals surface area (Å²) in [4.78, 5) is 5.81. The first-order valence-corrected chi connectivity index (χ1v) is 9.12. The topological polar surface area (TPSA) is 50.7 Å². The highest BCUT2D eigenvalue weighted by atomic mass is 32.1. The number of hydrogen-bond donors (Lipinski definition) is 1. The maximum absolute atomic E-state index is 4.68. The van der Waals surface area contributed by atoms with Crippen LogP contribution < -0.4 is 5.32 Å². The van der Waals surface area contributed by atoms with Crippen LogP contribution in [0.5, 0.6) is 0 Å². The molecule has 0 radical (unpaired) electrons. The Labute approximate surface area is 147 Å². The Balaban J connectivity index is 1.68. The Bertz CT molecular complexity index is 946. The van der Waals surface area contributed by atoms with Gasteiger partial charge in [0.15, 0.2) is 5.01 Å². The smallest absolute Gasteiger partial charge is 0.210 e. The standard InChI is InChI=1S/C18H14N4S2/c1-12-19-15(16(23-12)13-8-4-2-5-9-13)17-21-22-18(24-17)20-14-10-6-3-7-11-14/h2-11H,1H3,(H,20,22). The molecule has 0 spiro atoms. The zero-order chi connectivity index (χ0) is 16.4. The maximum Gasteiger partial charge on any atom is 0.210 e. The Kier molecular flexibility index (Phi) is 4.06. The molecular weight excluding hydrogens is 336 g/mol. The van der Waals surface area contributed by atoms with E-state index in [0.29, 0.717) is 0 Å². The van der Waals surface area contributed by atoms with Crippen LogP contribution in [-0.4, -0.2) is 15.2 Å². The van der Waals surface area contributed by atoms with Gasteiger partial charge in [0, 0.05) is 5.69 Å². The number of nitrogens with zero attached hydrogens (tertiary/aromatic N) is 3. The summed E-state index contributed by atoms with van der Waals surface area (Å²) in [6.45, 7) is 2.02. The largest absolute Gasteiger partial charge is 0.330 e. The summed E-state index contributed by atoms with van der Waals surface area (Å²) in [6.07, 6.45) is 0. The lowest BCUT2D eigenvalue weighted by Gasteiger charge is -2.00. The zero-order valence-corrected chi connectivity index (χ0v) is 14.6. The van der Waals surface area contributed by atoms with Gasteiger partial charge < -0.3 is 5.32 Å². The number of aromatic nitrogens is 3. The van der Waals surface area contributed by atoms with Crippen LogP contribution in [0, 0.1) is 6.92 Å². The first-order valence-electron chi connectivity index (χ1n) is 7.48. The minimum Gasteiger partial charge on any atom is -0.330 e. The summed E-state index contributed by atoms with van der Waals surface area (Å²) in [7, 11) is 0. The number of hydrogen-bond acceptors (Lipinski definition) is 6. The number of thiazole rings is 1. The summed E-state index contributed by atoms with van der Waals surface area (Å²) in [5, 5.41) is 14.5. The van der Waals surface area contributed by atoms with E-state index in [-0.39, 0.29) is 0 Å². The second kappa shape index (κ2) is 6.51. The molecule has 4 aromatic rings. The van der Waals surface area contributed by atoms with Crippen molar-refractivity contribution in [3.63, 3.8) is 0 Å². The monoisotopic (exact) mass is 350 g/mol. The lowest BCUT2D eigenvalue weighted by Crippen LogP contribution is -1.87. The molecule has 118 valence electrons. The molecule has 0 aliphatic carbocycles. The molecule has 0 unspecified atom stereocenters. The highest BCUT2D eigenvalue weighted by Gasteiger charge is 2.17. The SMILES string of the molecule is Cc1nc(-c2nnc(Nc3ccccc3)s2)c(-c2ccccc2)s1. The molecule has 2 heterocycles. The average Bonchev–Trinajstić information content (AvgIpc) is 3.23. The van der Waals surface area contributed by atoms with Crippen molar-refractivity contribution < 1.29 is 0 Å². The molecule has 24 heavy (non-hydrogen) atoms. The summed E-state index contributed by atoms with van der Waals surface area (Å²) >= 11 is 3.20. The predicted molar refractivity (Wildman–Crippen MR) is 101 cm³/mol. The number of para-hydroxylation sites is 1. The van der Waals surface area contributed by atoms with Crippen molar-refractivity contribution >= 4 is 33.5 Å². The van der Waals surface area contributed by atoms with E-state index >= 15 is 0 Å². The molecule has 4 rings (SSSR count). The fourth-order valence-corrected chi connectivity index (χ4v) is 4.12. The van der Waals surface area contributed by atoms with E-state index in [1.807, 2.05) is 55.5 Å². The second-order valence-electron chi connectivity index (χ2n) is 5.18. The normalized spacial score (nSPS) is 10.7. The van der Waals surface area contributed by atoms with Gasteiger partial charge in [-0.15, -0.1) is 21.5 Å². The Morgan fingerprint density at radius 2 is 1.54 bits per heavy atom. The molecule has 0 fully saturated rings. The van der Waals surface area contributed by atoms with E-state index in [2.05, 4.69) is 32.6 Å². The molecular formula is C18H14N4S2. The first kappa shape index (κ1) is 15.0. The third-order valence-corrected chi connectivity index (χ3v) is 5.29. The van der Waals surface area contributed by atoms with Gasteiger partial charge >= 0.3 is 0 Å². The first-order chi connectivity index (χ1) is 11.8. The van der Waals surface area contributed by atoms with Crippen molar-refractivity contribution in [2.45, 2.75) is 6.92 Å². The van der Waals surface area contributed by atoms with Gasteiger partial charge in [-0.1, -0.05) is 59.9 Å². The van der Waals surface area contributed by atoms with E-state index in [0.717, 1.165) is 37.0 Å². The van der Waals surface area contributed by atoms with Crippen LogP contribution in [0.3, 0.4) is 0 Å². The van der Waals surface area contributed by atoms with Gasteiger partial charge in [0.05, 0.1) is 9.88 Å². The van der Waals surface area contributed by atoms with Crippen LogP contribution in [0.4, 0.5) is 10.8 Å². The lowest BCUT2D eigenvalue weighted by molar-refractivity contribution is 1.09. The van der Waals surface area contributed by atoms with Crippen molar-refractivity contribution in [3.05, 3.63) is 65.7 Å². The molecule has 0 amide bonds. The van der Waals surface area contributed by atoms with E-state index in [9.17, 15) is 0 Å². The molecule has 0 bridgehead atoms. The average molecular weight is 350 g/mol. The van der Waals surface area contributed by atoms with Gasteiger partial charge in [-0.05, 0) is 24.6 Å². The predicted octanol–water partition coefficient (Wildman–Crippen LogP) is 5.38. The highest BCUT2D eigenvalue weighted by Crippen LogP contribution is 2.38. The summed E-state index contributed by atoms with van der Waals surface area (Å²) in [6, 6.07) is 20.3. The highest BCUT2D eigenvalue weighted by molar-refractivity contribution is 7.19. The van der Waals surface area contributed by atoms with Gasteiger partial charge in [0.25, 0.3) is 0 Å². The number of nitrogens with one attached hydrogen (secondary N) is 1. The fraction of sp³-hybridized carbons (Fsp3) is 0.0556. The van der Waals surface area contributed by atoms with E-state index in [4.69, 9.17) is 0 Å². The third kappa shape index (κ3) is 3.06. The molecule has 0 atom stereocenters. The molecule has 2 aromatic heterocycles. The van der Waals surface area contributed by atoms with Gasteiger partial charge in [0.1, 0.15) is 5.69 Å². The summed E-state index contributed by atoms with van der Waals surface area (Å²) in [5.74, 6) is 0. The van der Waals surface area contributed by atoms with Gasteiger partial charge in [-0.3, -0.25) is 0 Å². The minimum atomic E-state index is 0.765. The van der Waals surface area contributed by atoms with Gasteiger partial charge in [-0.2, -0.15) is 0 Å². The van der Waals surface area contributed by atoms with Gasteiger partial charge in [-0.25, -0.2) is 4.98 Å². The fourth-order valence-electron chi connectivity index (χ4n) is 2.37. The zero-order valence-electron chi connectivity index (χ0n) is 12.9. The van der Waals surface area contributed by atoms with E-state index < -0.39 is 0 Å². The van der Waals surface area contributed by atoms with Crippen molar-refractivity contribution in [2.75, 3.05) is 5.32 Å². The molecule has 1 N–H and O–H groups in total. The number of aryl methyl sites for hydroxylation is 1. The number of benzene rings is 2. The van der Waals surface area contributed by atoms with Crippen LogP contribution in [0.2, 0.25) is 0 Å². The van der Waals surface area contributed by atoms with Crippen LogP contribution in [0.1, 0.15) is 5.01 Å². The molecule has 0 saturated heterocycles. The molecule has 0 saturated carbocycles. The third-order valence-electron chi connectivity index (χ3n) is 3.42. The van der Waals surface area contributed by atoms with Crippen molar-refractivity contribution in [1.29, 1.82) is 0 Å².